The zero-order valence-corrected chi connectivity index (χ0v) is 13.9. The average Bonchev–Trinajstić information content (AvgIpc) is 3.15. The molecule has 1 N–H and O–H groups in total. The van der Waals surface area contributed by atoms with Crippen molar-refractivity contribution < 1.29 is 9.18 Å². The van der Waals surface area contributed by atoms with E-state index in [-0.39, 0.29) is 23.2 Å². The predicted octanol–water partition coefficient (Wildman–Crippen LogP) is 2.65. The molecular weight excluding hydrogens is 321 g/mol. The van der Waals surface area contributed by atoms with E-state index >= 15 is 0 Å². The van der Waals surface area contributed by atoms with Crippen molar-refractivity contribution in [2.45, 2.75) is 38.6 Å². The van der Waals surface area contributed by atoms with Gasteiger partial charge in [-0.15, -0.1) is 0 Å². The van der Waals surface area contributed by atoms with E-state index in [1.807, 2.05) is 0 Å². The standard InChI is InChI=1S/C19H20FN3O2/c20-14-7-3-6-13(10-14)17-21-16-8-9-23(11-15(16)18(24)22-17)19(25)12-4-1-2-5-12/h3,6-7,10,12H,1-2,4-5,8-9,11H2,(H,21,22,24). The molecule has 0 bridgehead atoms. The van der Waals surface area contributed by atoms with Crippen LogP contribution in [0.1, 0.15) is 36.9 Å². The Balaban J connectivity index is 1.61. The number of carbonyl (C=O) groups is 1. The van der Waals surface area contributed by atoms with Crippen LogP contribution in [0.25, 0.3) is 11.4 Å². The number of rotatable bonds is 2. The smallest absolute Gasteiger partial charge is 0.256 e. The number of nitrogens with zero attached hydrogens (tertiary/aromatic N) is 2. The predicted molar refractivity (Wildman–Crippen MR) is 91.3 cm³/mol. The van der Waals surface area contributed by atoms with E-state index in [0.29, 0.717) is 42.2 Å². The van der Waals surface area contributed by atoms with Gasteiger partial charge in [-0.25, -0.2) is 9.37 Å². The summed E-state index contributed by atoms with van der Waals surface area (Å²) in [4.78, 5) is 34.1. The van der Waals surface area contributed by atoms with E-state index in [2.05, 4.69) is 9.97 Å². The van der Waals surface area contributed by atoms with Crippen molar-refractivity contribution in [3.05, 3.63) is 51.7 Å². The third-order valence-corrected chi connectivity index (χ3v) is 5.18. The lowest BCUT2D eigenvalue weighted by atomic mass is 10.0. The molecule has 1 fully saturated rings. The fraction of sp³-hybridized carbons (Fsp3) is 0.421. The number of amides is 1. The molecule has 0 atom stereocenters. The Morgan fingerprint density at radius 2 is 2.08 bits per heavy atom. The van der Waals surface area contributed by atoms with Crippen LogP contribution in [0.5, 0.6) is 0 Å². The van der Waals surface area contributed by atoms with Crippen LogP contribution in [0.4, 0.5) is 4.39 Å². The maximum Gasteiger partial charge on any atom is 0.256 e. The van der Waals surface area contributed by atoms with E-state index in [1.54, 1.807) is 17.0 Å². The van der Waals surface area contributed by atoms with Crippen molar-refractivity contribution in [3.63, 3.8) is 0 Å². The summed E-state index contributed by atoms with van der Waals surface area (Å²) in [6, 6.07) is 6.01. The van der Waals surface area contributed by atoms with Gasteiger partial charge < -0.3 is 9.88 Å². The number of halogens is 1. The molecule has 6 heteroatoms. The first-order valence-corrected chi connectivity index (χ1v) is 8.78. The van der Waals surface area contributed by atoms with Gasteiger partial charge in [-0.3, -0.25) is 9.59 Å². The lowest BCUT2D eigenvalue weighted by Crippen LogP contribution is -2.42. The Hall–Kier alpha value is -2.50. The monoisotopic (exact) mass is 341 g/mol. The molecule has 5 nitrogen and oxygen atoms in total. The Morgan fingerprint density at radius 1 is 1.28 bits per heavy atom. The maximum absolute atomic E-state index is 13.4. The number of hydrogen-bond donors (Lipinski definition) is 1. The number of fused-ring (bicyclic) bond motifs is 1. The molecule has 1 saturated carbocycles. The molecule has 1 aliphatic heterocycles. The van der Waals surface area contributed by atoms with Crippen molar-refractivity contribution in [1.29, 1.82) is 0 Å². The minimum atomic E-state index is -0.369. The van der Waals surface area contributed by atoms with Crippen LogP contribution in [0, 0.1) is 11.7 Å². The van der Waals surface area contributed by atoms with Gasteiger partial charge in [0.2, 0.25) is 5.91 Å². The highest BCUT2D eigenvalue weighted by Gasteiger charge is 2.30. The number of hydrogen-bond acceptors (Lipinski definition) is 3. The molecule has 0 saturated heterocycles. The summed E-state index contributed by atoms with van der Waals surface area (Å²) >= 11 is 0. The van der Waals surface area contributed by atoms with Crippen LogP contribution in [0.15, 0.2) is 29.1 Å². The molecule has 1 aromatic heterocycles. The second-order valence-electron chi connectivity index (χ2n) is 6.84. The van der Waals surface area contributed by atoms with E-state index in [4.69, 9.17) is 0 Å². The highest BCUT2D eigenvalue weighted by atomic mass is 19.1. The fourth-order valence-electron chi connectivity index (χ4n) is 3.82. The zero-order valence-electron chi connectivity index (χ0n) is 13.9. The SMILES string of the molecule is O=C(C1CCCC1)N1CCc2nc(-c3cccc(F)c3)[nH]c(=O)c2C1. The largest absolute Gasteiger partial charge is 0.337 e. The lowest BCUT2D eigenvalue weighted by molar-refractivity contribution is -0.136. The van der Waals surface area contributed by atoms with Gasteiger partial charge >= 0.3 is 0 Å². The minimum Gasteiger partial charge on any atom is -0.337 e. The van der Waals surface area contributed by atoms with Crippen LogP contribution < -0.4 is 5.56 Å². The molecular formula is C19H20FN3O2. The first kappa shape index (κ1) is 16.0. The normalized spacial score (nSPS) is 17.6. The quantitative estimate of drug-likeness (QED) is 0.913. The lowest BCUT2D eigenvalue weighted by Gasteiger charge is -2.30. The highest BCUT2D eigenvalue weighted by Crippen LogP contribution is 2.28. The molecule has 1 amide bonds. The van der Waals surface area contributed by atoms with E-state index in [0.717, 1.165) is 25.7 Å². The van der Waals surface area contributed by atoms with Crippen molar-refractivity contribution in [1.82, 2.24) is 14.9 Å². The number of H-pyrrole nitrogens is 1. The highest BCUT2D eigenvalue weighted by molar-refractivity contribution is 5.79. The minimum absolute atomic E-state index is 0.111. The molecule has 0 spiro atoms. The van der Waals surface area contributed by atoms with Crippen LogP contribution in [-0.2, 0) is 17.8 Å². The molecule has 130 valence electrons. The Bertz CT molecular complexity index is 871. The van der Waals surface area contributed by atoms with Gasteiger partial charge in [0.25, 0.3) is 5.56 Å². The summed E-state index contributed by atoms with van der Waals surface area (Å²) in [6.45, 7) is 0.901. The molecule has 4 rings (SSSR count). The average molecular weight is 341 g/mol. The topological polar surface area (TPSA) is 66.1 Å². The van der Waals surface area contributed by atoms with Gasteiger partial charge in [-0.05, 0) is 25.0 Å². The van der Waals surface area contributed by atoms with Gasteiger partial charge in [-0.1, -0.05) is 25.0 Å². The van der Waals surface area contributed by atoms with Crippen molar-refractivity contribution in [2.75, 3.05) is 6.54 Å². The van der Waals surface area contributed by atoms with Crippen molar-refractivity contribution in [2.24, 2.45) is 5.92 Å². The second-order valence-corrected chi connectivity index (χ2v) is 6.84. The number of nitrogens with one attached hydrogen (secondary N) is 1. The first-order chi connectivity index (χ1) is 12.1. The summed E-state index contributed by atoms with van der Waals surface area (Å²) in [6.07, 6.45) is 4.69. The van der Waals surface area contributed by atoms with Crippen LogP contribution in [0.3, 0.4) is 0 Å². The molecule has 1 aromatic carbocycles. The number of carbonyl (C=O) groups excluding carboxylic acids is 1. The summed E-state index contributed by atoms with van der Waals surface area (Å²) in [5.74, 6) is 0.280. The summed E-state index contributed by atoms with van der Waals surface area (Å²) in [7, 11) is 0. The summed E-state index contributed by atoms with van der Waals surface area (Å²) in [5, 5.41) is 0. The number of aromatic nitrogens is 2. The second kappa shape index (κ2) is 6.43. The first-order valence-electron chi connectivity index (χ1n) is 8.78. The molecule has 1 aliphatic carbocycles. The van der Waals surface area contributed by atoms with Gasteiger partial charge in [0.1, 0.15) is 11.6 Å². The maximum atomic E-state index is 13.4. The third-order valence-electron chi connectivity index (χ3n) is 5.18. The zero-order chi connectivity index (χ0) is 17.4. The fourth-order valence-corrected chi connectivity index (χ4v) is 3.82. The van der Waals surface area contributed by atoms with E-state index in [1.165, 1.54) is 12.1 Å². The summed E-state index contributed by atoms with van der Waals surface area (Å²) < 4.78 is 13.4. The van der Waals surface area contributed by atoms with Gasteiger partial charge in [0.15, 0.2) is 0 Å². The van der Waals surface area contributed by atoms with Crippen molar-refractivity contribution in [3.8, 4) is 11.4 Å². The van der Waals surface area contributed by atoms with Crippen LogP contribution >= 0.6 is 0 Å². The molecule has 0 unspecified atom stereocenters. The molecule has 25 heavy (non-hydrogen) atoms. The van der Waals surface area contributed by atoms with E-state index < -0.39 is 0 Å². The Kier molecular flexibility index (Phi) is 4.11. The Morgan fingerprint density at radius 3 is 2.84 bits per heavy atom. The van der Waals surface area contributed by atoms with E-state index in [9.17, 15) is 14.0 Å². The van der Waals surface area contributed by atoms with Crippen LogP contribution in [0.2, 0.25) is 0 Å². The third kappa shape index (κ3) is 3.08. The van der Waals surface area contributed by atoms with Gasteiger partial charge in [-0.2, -0.15) is 0 Å². The van der Waals surface area contributed by atoms with Crippen LogP contribution in [-0.4, -0.2) is 27.3 Å². The molecule has 2 aromatic rings. The Labute approximate surface area is 144 Å². The molecule has 2 aliphatic rings. The molecule has 0 radical (unpaired) electrons. The summed E-state index contributed by atoms with van der Waals surface area (Å²) in [5.41, 5.74) is 1.56. The molecule has 2 heterocycles. The number of aromatic amines is 1. The van der Waals surface area contributed by atoms with Gasteiger partial charge in [0.05, 0.1) is 17.8 Å². The van der Waals surface area contributed by atoms with Crippen molar-refractivity contribution >= 4 is 5.91 Å². The van der Waals surface area contributed by atoms with Gasteiger partial charge in [0, 0.05) is 24.4 Å². The number of benzene rings is 1.